The quantitative estimate of drug-likeness (QED) is 0.0540. The van der Waals surface area contributed by atoms with Gasteiger partial charge >= 0.3 is 0 Å². The predicted molar refractivity (Wildman–Crippen MR) is 194 cm³/mol. The van der Waals surface area contributed by atoms with Crippen LogP contribution in [0.5, 0.6) is 0 Å². The summed E-state index contributed by atoms with van der Waals surface area (Å²) >= 11 is 0. The highest BCUT2D eigenvalue weighted by Gasteiger charge is 2.27. The molecule has 2 aromatic heterocycles. The SMILES string of the molecule is CC(C)CCn1cc(N(C(=O)c2ccc(C(N)=O)cc2)c2cc(C(=O)NCCNC(=N)N)n(CCC(C)C)c2)cc1C(=O)NCCNC(=N)N. The number of carbonyl (C=O) groups is 4. The number of amides is 4. The van der Waals surface area contributed by atoms with Gasteiger partial charge in [0.05, 0.1) is 11.4 Å². The number of nitrogens with one attached hydrogen (secondary N) is 6. The van der Waals surface area contributed by atoms with Gasteiger partial charge in [-0.2, -0.15) is 0 Å². The number of carbonyl (C=O) groups excluding carboxylic acids is 4. The van der Waals surface area contributed by atoms with E-state index in [2.05, 4.69) is 49.0 Å². The van der Waals surface area contributed by atoms with E-state index in [0.717, 1.165) is 12.8 Å². The van der Waals surface area contributed by atoms with Crippen LogP contribution >= 0.6 is 0 Å². The normalized spacial score (nSPS) is 10.9. The van der Waals surface area contributed by atoms with Crippen molar-refractivity contribution >= 4 is 46.9 Å². The molecule has 270 valence electrons. The summed E-state index contributed by atoms with van der Waals surface area (Å²) in [5.74, 6) is -1.59. The molecule has 0 aliphatic heterocycles. The Hall–Kier alpha value is -5.80. The van der Waals surface area contributed by atoms with Crippen molar-refractivity contribution in [3.8, 4) is 0 Å². The van der Waals surface area contributed by atoms with Crippen molar-refractivity contribution in [1.29, 1.82) is 10.8 Å². The number of hydrogen-bond acceptors (Lipinski definition) is 6. The zero-order valence-electron chi connectivity index (χ0n) is 29.1. The molecule has 0 unspecified atom stereocenters. The lowest BCUT2D eigenvalue weighted by molar-refractivity contribution is 0.0936. The highest BCUT2D eigenvalue weighted by molar-refractivity contribution is 6.12. The molecule has 12 N–H and O–H groups in total. The number of guanidine groups is 2. The molecule has 0 fully saturated rings. The fourth-order valence-corrected chi connectivity index (χ4v) is 5.00. The van der Waals surface area contributed by atoms with Crippen LogP contribution in [0.4, 0.5) is 11.4 Å². The largest absolute Gasteiger partial charge is 0.370 e. The second-order valence-corrected chi connectivity index (χ2v) is 12.7. The molecule has 3 aromatic rings. The van der Waals surface area contributed by atoms with Crippen LogP contribution in [0.2, 0.25) is 0 Å². The van der Waals surface area contributed by atoms with Crippen LogP contribution in [0.25, 0.3) is 0 Å². The van der Waals surface area contributed by atoms with E-state index in [9.17, 15) is 19.2 Å². The summed E-state index contributed by atoms with van der Waals surface area (Å²) in [6.07, 6.45) is 4.99. The van der Waals surface area contributed by atoms with E-state index < -0.39 is 11.8 Å². The molecule has 0 spiro atoms. The van der Waals surface area contributed by atoms with E-state index >= 15 is 0 Å². The minimum absolute atomic E-state index is 0.205. The molecule has 1 aromatic carbocycles. The fraction of sp³-hybridized carbons (Fsp3) is 0.412. The highest BCUT2D eigenvalue weighted by atomic mass is 16.2. The van der Waals surface area contributed by atoms with Crippen molar-refractivity contribution < 1.29 is 19.2 Å². The smallest absolute Gasteiger partial charge is 0.268 e. The maximum absolute atomic E-state index is 14.4. The number of hydrogen-bond donors (Lipinski definition) is 9. The van der Waals surface area contributed by atoms with Gasteiger partial charge < -0.3 is 47.6 Å². The third kappa shape index (κ3) is 11.1. The summed E-state index contributed by atoms with van der Waals surface area (Å²) in [6.45, 7) is 10.2. The van der Waals surface area contributed by atoms with Crippen LogP contribution in [0.15, 0.2) is 48.8 Å². The van der Waals surface area contributed by atoms with E-state index in [4.69, 9.17) is 28.0 Å². The van der Waals surface area contributed by atoms with Gasteiger partial charge in [0, 0.05) is 62.8 Å². The maximum atomic E-state index is 14.4. The molecule has 0 aliphatic rings. The molecule has 50 heavy (non-hydrogen) atoms. The summed E-state index contributed by atoms with van der Waals surface area (Å²) in [4.78, 5) is 54.5. The van der Waals surface area contributed by atoms with Gasteiger partial charge in [0.2, 0.25) is 5.91 Å². The molecular formula is C34H50N12O4. The monoisotopic (exact) mass is 690 g/mol. The maximum Gasteiger partial charge on any atom is 0.268 e. The van der Waals surface area contributed by atoms with Gasteiger partial charge in [0.25, 0.3) is 17.7 Å². The molecule has 0 radical (unpaired) electrons. The van der Waals surface area contributed by atoms with Crippen molar-refractivity contribution in [3.05, 3.63) is 71.3 Å². The zero-order chi connectivity index (χ0) is 37.0. The lowest BCUT2D eigenvalue weighted by Gasteiger charge is -2.20. The molecule has 16 heteroatoms. The van der Waals surface area contributed by atoms with Crippen molar-refractivity contribution in [2.24, 2.45) is 29.0 Å². The predicted octanol–water partition coefficient (Wildman–Crippen LogP) is 1.88. The average Bonchev–Trinajstić information content (AvgIpc) is 3.67. The van der Waals surface area contributed by atoms with Crippen LogP contribution in [-0.4, -0.2) is 70.9 Å². The van der Waals surface area contributed by atoms with Gasteiger partial charge in [-0.05, 0) is 61.1 Å². The molecule has 3 rings (SSSR count). The molecule has 2 heterocycles. The number of rotatable bonds is 18. The van der Waals surface area contributed by atoms with Crippen LogP contribution < -0.4 is 43.4 Å². The van der Waals surface area contributed by atoms with Gasteiger partial charge in [-0.25, -0.2) is 0 Å². The van der Waals surface area contributed by atoms with Crippen molar-refractivity contribution in [3.63, 3.8) is 0 Å². The third-order valence-electron chi connectivity index (χ3n) is 7.71. The zero-order valence-corrected chi connectivity index (χ0v) is 29.1. The van der Waals surface area contributed by atoms with E-state index in [0.29, 0.717) is 47.7 Å². The van der Waals surface area contributed by atoms with Gasteiger partial charge in [-0.3, -0.25) is 34.9 Å². The van der Waals surface area contributed by atoms with E-state index in [-0.39, 0.29) is 61.0 Å². The van der Waals surface area contributed by atoms with E-state index in [1.165, 1.54) is 29.2 Å². The Morgan fingerprint density at radius 2 is 1.04 bits per heavy atom. The Morgan fingerprint density at radius 1 is 0.660 bits per heavy atom. The second-order valence-electron chi connectivity index (χ2n) is 12.7. The molecule has 0 saturated heterocycles. The third-order valence-corrected chi connectivity index (χ3v) is 7.71. The molecule has 0 atom stereocenters. The minimum atomic E-state index is -0.631. The number of benzene rings is 1. The first-order valence-corrected chi connectivity index (χ1v) is 16.5. The lowest BCUT2D eigenvalue weighted by atomic mass is 10.1. The van der Waals surface area contributed by atoms with Crippen LogP contribution in [-0.2, 0) is 13.1 Å². The standard InChI is InChI=1S/C34H50N12O4/c1-21(2)9-15-44-19-25(17-27(44)30(48)40-11-13-42-33(36)37)46(32(50)24-7-5-23(6-8-24)29(35)47)26-18-28(45(20-26)16-10-22(3)4)31(49)41-12-14-43-34(38)39/h5-8,17-22H,9-16H2,1-4H3,(H2,35,47)(H,40,48)(H,41,49)(H4,36,37,42)(H4,38,39,43). The molecule has 0 saturated carbocycles. The average molecular weight is 691 g/mol. The topological polar surface area (TPSA) is 255 Å². The molecule has 16 nitrogen and oxygen atoms in total. The Balaban J connectivity index is 2.13. The summed E-state index contributed by atoms with van der Waals surface area (Å²) in [5.41, 5.74) is 18.1. The lowest BCUT2D eigenvalue weighted by Crippen LogP contribution is -2.38. The number of nitrogens with two attached hydrogens (primary N) is 3. The molecular weight excluding hydrogens is 640 g/mol. The van der Waals surface area contributed by atoms with Gasteiger partial charge in [0.15, 0.2) is 11.9 Å². The van der Waals surface area contributed by atoms with Gasteiger partial charge in [-0.15, -0.1) is 0 Å². The number of aromatic nitrogens is 2. The van der Waals surface area contributed by atoms with Crippen LogP contribution in [0, 0.1) is 22.7 Å². The Kier molecular flexibility index (Phi) is 14.0. The summed E-state index contributed by atoms with van der Waals surface area (Å²) in [7, 11) is 0. The fourth-order valence-electron chi connectivity index (χ4n) is 5.00. The number of nitrogens with zero attached hydrogens (tertiary/aromatic N) is 3. The Bertz CT molecular complexity index is 1580. The minimum Gasteiger partial charge on any atom is -0.370 e. The number of primary amides is 1. The van der Waals surface area contributed by atoms with Gasteiger partial charge in [0.1, 0.15) is 11.4 Å². The summed E-state index contributed by atoms with van der Waals surface area (Å²) < 4.78 is 3.59. The van der Waals surface area contributed by atoms with E-state index in [1.807, 2.05) is 0 Å². The number of aryl methyl sites for hydroxylation is 2. The molecule has 0 aliphatic carbocycles. The van der Waals surface area contributed by atoms with Gasteiger partial charge in [-0.1, -0.05) is 27.7 Å². The van der Waals surface area contributed by atoms with Crippen molar-refractivity contribution in [1.82, 2.24) is 30.4 Å². The summed E-state index contributed by atoms with van der Waals surface area (Å²) in [6, 6.07) is 9.21. The first kappa shape index (κ1) is 38.6. The molecule has 4 amide bonds. The first-order chi connectivity index (χ1) is 23.7. The highest BCUT2D eigenvalue weighted by Crippen LogP contribution is 2.32. The number of anilines is 2. The Morgan fingerprint density at radius 3 is 1.40 bits per heavy atom. The first-order valence-electron chi connectivity index (χ1n) is 16.5. The van der Waals surface area contributed by atoms with Crippen LogP contribution in [0.1, 0.15) is 82.2 Å². The van der Waals surface area contributed by atoms with Crippen molar-refractivity contribution in [2.45, 2.75) is 53.6 Å². The van der Waals surface area contributed by atoms with E-state index in [1.54, 1.807) is 33.7 Å². The summed E-state index contributed by atoms with van der Waals surface area (Å²) in [5, 5.41) is 25.7. The van der Waals surface area contributed by atoms with Crippen LogP contribution in [0.3, 0.4) is 0 Å². The Labute approximate surface area is 292 Å². The van der Waals surface area contributed by atoms with Crippen molar-refractivity contribution in [2.75, 3.05) is 31.1 Å². The second kappa shape index (κ2) is 18.1. The molecule has 0 bridgehead atoms.